The smallest absolute Gasteiger partial charge is 0.305 e. The molecule has 1 rings (SSSR count). The molecule has 0 saturated carbocycles. The number of nitrogens with one attached hydrogen (secondary N) is 3. The summed E-state index contributed by atoms with van der Waals surface area (Å²) in [6.45, 7) is 2.16. The van der Waals surface area contributed by atoms with Gasteiger partial charge in [-0.25, -0.2) is 0 Å². The van der Waals surface area contributed by atoms with Crippen LogP contribution in [0.2, 0.25) is 5.02 Å². The minimum Gasteiger partial charge on any atom is -0.483 e. The number of amides is 1. The fourth-order valence-corrected chi connectivity index (χ4v) is 2.04. The number of hydrazine groups is 1. The average Bonchev–Trinajstić information content (AvgIpc) is 2.55. The fraction of sp³-hybridized carbons (Fsp3) is 0.400. The maximum Gasteiger partial charge on any atom is 0.305 e. The van der Waals surface area contributed by atoms with Crippen molar-refractivity contribution in [2.75, 3.05) is 20.3 Å². The Bertz CT molecular complexity index is 598. The highest BCUT2D eigenvalue weighted by Crippen LogP contribution is 2.21. The van der Waals surface area contributed by atoms with Gasteiger partial charge in [0.25, 0.3) is 5.91 Å². The molecule has 0 spiro atoms. The van der Waals surface area contributed by atoms with Crippen molar-refractivity contribution < 1.29 is 19.1 Å². The third-order valence-corrected chi connectivity index (χ3v) is 3.36. The van der Waals surface area contributed by atoms with Crippen LogP contribution in [0.1, 0.15) is 18.4 Å². The summed E-state index contributed by atoms with van der Waals surface area (Å²) >= 11 is 10.8. The number of methoxy groups -OCH3 is 1. The van der Waals surface area contributed by atoms with E-state index in [4.69, 9.17) is 28.6 Å². The number of carbonyl (C=O) groups excluding carboxylic acids is 2. The van der Waals surface area contributed by atoms with Gasteiger partial charge in [0.15, 0.2) is 11.7 Å². The van der Waals surface area contributed by atoms with Crippen molar-refractivity contribution in [1.29, 1.82) is 0 Å². The Balaban J connectivity index is 2.19. The van der Waals surface area contributed by atoms with Crippen molar-refractivity contribution in [2.24, 2.45) is 0 Å². The van der Waals surface area contributed by atoms with Gasteiger partial charge in [0.2, 0.25) is 0 Å². The second-order valence-electron chi connectivity index (χ2n) is 4.81. The molecule has 3 N–H and O–H groups in total. The Kier molecular flexibility index (Phi) is 8.88. The van der Waals surface area contributed by atoms with E-state index in [1.807, 2.05) is 6.92 Å². The maximum absolute atomic E-state index is 11.7. The zero-order chi connectivity index (χ0) is 17.9. The van der Waals surface area contributed by atoms with Crippen molar-refractivity contribution in [3.63, 3.8) is 0 Å². The zero-order valence-corrected chi connectivity index (χ0v) is 15.1. The summed E-state index contributed by atoms with van der Waals surface area (Å²) in [5.41, 5.74) is 5.80. The molecule has 0 atom stereocenters. The molecular weight excluding hydrogens is 354 g/mol. The van der Waals surface area contributed by atoms with Crippen LogP contribution in [-0.4, -0.2) is 37.3 Å². The molecule has 1 aromatic carbocycles. The van der Waals surface area contributed by atoms with E-state index in [-0.39, 0.29) is 23.6 Å². The van der Waals surface area contributed by atoms with Gasteiger partial charge < -0.3 is 14.8 Å². The third kappa shape index (κ3) is 7.98. The van der Waals surface area contributed by atoms with Gasteiger partial charge in [0.1, 0.15) is 5.75 Å². The summed E-state index contributed by atoms with van der Waals surface area (Å²) in [6, 6.07) is 5.14. The zero-order valence-electron chi connectivity index (χ0n) is 13.5. The number of rotatable bonds is 7. The van der Waals surface area contributed by atoms with Crippen molar-refractivity contribution >= 4 is 40.8 Å². The monoisotopic (exact) mass is 373 g/mol. The molecule has 0 heterocycles. The molecule has 132 valence electrons. The molecule has 0 aliphatic heterocycles. The van der Waals surface area contributed by atoms with Crippen molar-refractivity contribution in [1.82, 2.24) is 16.2 Å². The molecule has 0 radical (unpaired) electrons. The molecule has 9 heteroatoms. The Morgan fingerprint density at radius 3 is 2.71 bits per heavy atom. The lowest BCUT2D eigenvalue weighted by Gasteiger charge is -2.12. The Labute approximate surface area is 151 Å². The van der Waals surface area contributed by atoms with E-state index in [9.17, 15) is 9.59 Å². The highest BCUT2D eigenvalue weighted by atomic mass is 35.5. The molecule has 0 fully saturated rings. The van der Waals surface area contributed by atoms with E-state index in [2.05, 4.69) is 20.9 Å². The molecule has 0 aromatic heterocycles. The van der Waals surface area contributed by atoms with Crippen LogP contribution in [0.5, 0.6) is 5.75 Å². The van der Waals surface area contributed by atoms with E-state index < -0.39 is 0 Å². The average molecular weight is 374 g/mol. The first-order valence-electron chi connectivity index (χ1n) is 7.21. The highest BCUT2D eigenvalue weighted by Gasteiger charge is 2.06. The number of esters is 1. The summed E-state index contributed by atoms with van der Waals surface area (Å²) in [5, 5.41) is 3.70. The summed E-state index contributed by atoms with van der Waals surface area (Å²) in [5.74, 6) is -0.0836. The third-order valence-electron chi connectivity index (χ3n) is 2.88. The first-order chi connectivity index (χ1) is 11.4. The summed E-state index contributed by atoms with van der Waals surface area (Å²) < 4.78 is 9.92. The van der Waals surface area contributed by atoms with Crippen LogP contribution < -0.4 is 20.9 Å². The first kappa shape index (κ1) is 20.0. The van der Waals surface area contributed by atoms with Gasteiger partial charge in [-0.1, -0.05) is 11.6 Å². The van der Waals surface area contributed by atoms with Gasteiger partial charge in [-0.05, 0) is 49.3 Å². The number of ether oxygens (including phenoxy) is 2. The van der Waals surface area contributed by atoms with Gasteiger partial charge in [-0.15, -0.1) is 0 Å². The first-order valence-corrected chi connectivity index (χ1v) is 7.99. The van der Waals surface area contributed by atoms with Crippen LogP contribution in [0.15, 0.2) is 18.2 Å². The lowest BCUT2D eigenvalue weighted by molar-refractivity contribution is -0.140. The van der Waals surface area contributed by atoms with Crippen LogP contribution in [0.3, 0.4) is 0 Å². The van der Waals surface area contributed by atoms with Gasteiger partial charge in [0.05, 0.1) is 7.11 Å². The lowest BCUT2D eigenvalue weighted by Crippen LogP contribution is -2.48. The van der Waals surface area contributed by atoms with Gasteiger partial charge in [-0.3, -0.25) is 20.4 Å². The Hall–Kier alpha value is -2.06. The van der Waals surface area contributed by atoms with Gasteiger partial charge in [0, 0.05) is 18.0 Å². The van der Waals surface area contributed by atoms with E-state index in [1.165, 1.54) is 7.11 Å². The van der Waals surface area contributed by atoms with Crippen LogP contribution in [-0.2, 0) is 14.3 Å². The molecule has 0 saturated heterocycles. The van der Waals surface area contributed by atoms with E-state index in [0.29, 0.717) is 30.2 Å². The van der Waals surface area contributed by atoms with Crippen molar-refractivity contribution in [3.05, 3.63) is 28.8 Å². The number of aryl methyl sites for hydroxylation is 1. The Morgan fingerprint density at radius 2 is 2.04 bits per heavy atom. The number of thiocarbonyl (C=S) groups is 1. The molecule has 1 amide bonds. The summed E-state index contributed by atoms with van der Waals surface area (Å²) in [4.78, 5) is 22.6. The lowest BCUT2D eigenvalue weighted by atomic mass is 10.2. The van der Waals surface area contributed by atoms with Crippen molar-refractivity contribution in [2.45, 2.75) is 19.8 Å². The molecule has 24 heavy (non-hydrogen) atoms. The molecule has 1 aromatic rings. The topological polar surface area (TPSA) is 88.7 Å². The predicted octanol–water partition coefficient (Wildman–Crippen LogP) is 1.48. The summed E-state index contributed by atoms with van der Waals surface area (Å²) in [6.07, 6.45) is 0.869. The number of benzene rings is 1. The van der Waals surface area contributed by atoms with Crippen LogP contribution >= 0.6 is 23.8 Å². The summed E-state index contributed by atoms with van der Waals surface area (Å²) in [7, 11) is 1.34. The second-order valence-corrected chi connectivity index (χ2v) is 5.65. The minimum absolute atomic E-state index is 0.166. The van der Waals surface area contributed by atoms with Gasteiger partial charge in [-0.2, -0.15) is 0 Å². The molecule has 0 bridgehead atoms. The van der Waals surface area contributed by atoms with Gasteiger partial charge >= 0.3 is 5.97 Å². The van der Waals surface area contributed by atoms with E-state index >= 15 is 0 Å². The maximum atomic E-state index is 11.7. The van der Waals surface area contributed by atoms with Crippen LogP contribution in [0.4, 0.5) is 0 Å². The fourth-order valence-electron chi connectivity index (χ4n) is 1.66. The van der Waals surface area contributed by atoms with E-state index in [1.54, 1.807) is 18.2 Å². The molecule has 0 aliphatic rings. The minimum atomic E-state index is -0.386. The quantitative estimate of drug-likeness (QED) is 0.289. The van der Waals surface area contributed by atoms with Crippen LogP contribution in [0.25, 0.3) is 0 Å². The van der Waals surface area contributed by atoms with Crippen LogP contribution in [0, 0.1) is 6.92 Å². The molecule has 0 aliphatic carbocycles. The molecule has 0 unspecified atom stereocenters. The standard InChI is InChI=1S/C15H20ClN3O4S/c1-10-8-11(16)5-6-12(10)23-9-13(20)18-19-15(24)17-7-3-4-14(21)22-2/h5-6,8H,3-4,7,9H2,1-2H3,(H,18,20)(H2,17,19,24). The number of hydrogen-bond donors (Lipinski definition) is 3. The second kappa shape index (κ2) is 10.7. The SMILES string of the molecule is COC(=O)CCCNC(=S)NNC(=O)COc1ccc(Cl)cc1C. The Morgan fingerprint density at radius 1 is 1.29 bits per heavy atom. The molecular formula is C15H20ClN3O4S. The van der Waals surface area contributed by atoms with Crippen molar-refractivity contribution in [3.8, 4) is 5.75 Å². The number of carbonyl (C=O) groups is 2. The molecule has 7 nitrogen and oxygen atoms in total. The highest BCUT2D eigenvalue weighted by molar-refractivity contribution is 7.80. The predicted molar refractivity (Wildman–Crippen MR) is 94.8 cm³/mol. The number of halogens is 1. The number of hydrogen-bond acceptors (Lipinski definition) is 5. The largest absolute Gasteiger partial charge is 0.483 e. The normalized spacial score (nSPS) is 9.79. The van der Waals surface area contributed by atoms with E-state index in [0.717, 1.165) is 5.56 Å².